The van der Waals surface area contributed by atoms with E-state index in [1.807, 2.05) is 6.07 Å². The number of unbranched alkanes of at least 4 members (excludes halogenated alkanes) is 1. The number of carbonyl (C=O) groups excluding carboxylic acids is 1. The third-order valence-corrected chi connectivity index (χ3v) is 4.27. The van der Waals surface area contributed by atoms with E-state index in [4.69, 9.17) is 28.8 Å². The summed E-state index contributed by atoms with van der Waals surface area (Å²) >= 11 is 0. The van der Waals surface area contributed by atoms with Crippen LogP contribution in [0.15, 0.2) is 24.0 Å². The summed E-state index contributed by atoms with van der Waals surface area (Å²) < 4.78 is 27.6. The van der Waals surface area contributed by atoms with Crippen LogP contribution in [0, 0.1) is 0 Å². The van der Waals surface area contributed by atoms with E-state index in [1.54, 1.807) is 0 Å². The molecule has 1 aromatic carbocycles. The Morgan fingerprint density at radius 1 is 0.938 bits per heavy atom. The topological polar surface area (TPSA) is 83.5 Å². The number of aliphatic hydroxyl groups excluding tert-OH is 1. The van der Waals surface area contributed by atoms with E-state index in [1.165, 1.54) is 31.1 Å². The third-order valence-electron chi connectivity index (χ3n) is 4.27. The van der Waals surface area contributed by atoms with Crippen molar-refractivity contribution in [2.75, 3.05) is 39.8 Å². The standard InChI is InChI=1S/C19H30O5.C5H8O2.Ta/c1-3-5-7-20-8-9-21-10-11-22-14-17-13-19-18(23-15-24-19)12-16(17)6-4-2;1-4(6)3-5(2)7;/h12-13H,3-11,14-15H2,1-2H3;3,6H,1-2H3;/b;4-3-;. The average molecular weight is 620 g/mol. The SMILES string of the molecule is CC(=O)/C=C(/C)O.CCCCOCCOCCOCc1cc2c(cc1CCC)OCO2.[Ta]. The van der Waals surface area contributed by atoms with Crippen molar-refractivity contribution in [1.29, 1.82) is 0 Å². The van der Waals surface area contributed by atoms with Gasteiger partial charge in [0, 0.05) is 35.1 Å². The van der Waals surface area contributed by atoms with E-state index < -0.39 is 0 Å². The molecular weight excluding hydrogens is 581 g/mol. The van der Waals surface area contributed by atoms with Crippen molar-refractivity contribution in [3.63, 3.8) is 0 Å². The first kappa shape index (κ1) is 30.7. The van der Waals surface area contributed by atoms with Gasteiger partial charge in [-0.2, -0.15) is 0 Å². The monoisotopic (exact) mass is 619 g/mol. The van der Waals surface area contributed by atoms with Crippen LogP contribution in [0.4, 0.5) is 0 Å². The normalized spacial score (nSPS) is 12.1. The fourth-order valence-electron chi connectivity index (χ4n) is 2.83. The van der Waals surface area contributed by atoms with Crippen molar-refractivity contribution in [2.24, 2.45) is 0 Å². The Bertz CT molecular complexity index is 673. The number of hydrogen-bond acceptors (Lipinski definition) is 7. The van der Waals surface area contributed by atoms with Crippen LogP contribution in [0.5, 0.6) is 11.5 Å². The number of carbonyl (C=O) groups is 1. The number of benzene rings is 1. The fraction of sp³-hybridized carbons (Fsp3) is 0.625. The maximum Gasteiger partial charge on any atom is 0.231 e. The number of ketones is 1. The summed E-state index contributed by atoms with van der Waals surface area (Å²) in [6.07, 6.45) is 5.54. The molecule has 8 heteroatoms. The number of rotatable bonds is 14. The molecule has 0 amide bonds. The summed E-state index contributed by atoms with van der Waals surface area (Å²) in [5.41, 5.74) is 2.44. The Morgan fingerprint density at radius 2 is 1.50 bits per heavy atom. The van der Waals surface area contributed by atoms with Crippen LogP contribution in [-0.2, 0) is 54.4 Å². The minimum atomic E-state index is -0.125. The van der Waals surface area contributed by atoms with Gasteiger partial charge >= 0.3 is 0 Å². The van der Waals surface area contributed by atoms with Crippen molar-refractivity contribution < 1.29 is 56.0 Å². The second-order valence-corrected chi connectivity index (χ2v) is 7.25. The Morgan fingerprint density at radius 3 is 2.00 bits per heavy atom. The number of ether oxygens (including phenoxy) is 5. The van der Waals surface area contributed by atoms with E-state index in [9.17, 15) is 4.79 Å². The van der Waals surface area contributed by atoms with E-state index in [0.29, 0.717) is 39.8 Å². The quantitative estimate of drug-likeness (QED) is 0.183. The van der Waals surface area contributed by atoms with E-state index in [2.05, 4.69) is 19.9 Å². The molecule has 0 spiro atoms. The number of aliphatic hydroxyl groups is 1. The molecule has 7 nitrogen and oxygen atoms in total. The van der Waals surface area contributed by atoms with Gasteiger partial charge in [0.15, 0.2) is 17.3 Å². The smallest absolute Gasteiger partial charge is 0.231 e. The molecule has 1 heterocycles. The number of aryl methyl sites for hydroxylation is 1. The first-order chi connectivity index (χ1) is 15.0. The van der Waals surface area contributed by atoms with Gasteiger partial charge in [-0.05, 0) is 49.9 Å². The number of hydrogen-bond donors (Lipinski definition) is 1. The van der Waals surface area contributed by atoms with Gasteiger partial charge in [-0.3, -0.25) is 4.79 Å². The van der Waals surface area contributed by atoms with Gasteiger partial charge < -0.3 is 28.8 Å². The fourth-order valence-corrected chi connectivity index (χ4v) is 2.83. The second kappa shape index (κ2) is 19.1. The minimum absolute atomic E-state index is 0. The van der Waals surface area contributed by atoms with Gasteiger partial charge in [0.25, 0.3) is 0 Å². The van der Waals surface area contributed by atoms with Crippen LogP contribution >= 0.6 is 0 Å². The second-order valence-electron chi connectivity index (χ2n) is 7.25. The molecule has 2 rings (SSSR count). The Kier molecular flexibility index (Phi) is 18.3. The van der Waals surface area contributed by atoms with Crippen molar-refractivity contribution in [2.45, 2.75) is 60.0 Å². The van der Waals surface area contributed by atoms with Crippen molar-refractivity contribution >= 4 is 5.78 Å². The summed E-state index contributed by atoms with van der Waals surface area (Å²) in [5.74, 6) is 1.59. The predicted octanol–water partition coefficient (Wildman–Crippen LogP) is 4.75. The molecule has 1 N–H and O–H groups in total. The molecule has 0 fully saturated rings. The van der Waals surface area contributed by atoms with E-state index in [-0.39, 0.29) is 33.9 Å². The number of fused-ring (bicyclic) bond motifs is 1. The predicted molar refractivity (Wildman–Crippen MR) is 120 cm³/mol. The van der Waals surface area contributed by atoms with Gasteiger partial charge in [0.2, 0.25) is 6.79 Å². The molecule has 0 saturated heterocycles. The number of allylic oxidation sites excluding steroid dienone is 2. The van der Waals surface area contributed by atoms with E-state index >= 15 is 0 Å². The first-order valence-electron chi connectivity index (χ1n) is 11.0. The van der Waals surface area contributed by atoms with Crippen LogP contribution in [-0.4, -0.2) is 50.7 Å². The molecular formula is C24H38O7Ta. The van der Waals surface area contributed by atoms with Crippen LogP contribution in [0.2, 0.25) is 0 Å². The van der Waals surface area contributed by atoms with Crippen LogP contribution < -0.4 is 9.47 Å². The Hall–Kier alpha value is -1.35. The summed E-state index contributed by atoms with van der Waals surface area (Å²) in [6, 6.07) is 4.12. The Labute approximate surface area is 207 Å². The Balaban J connectivity index is 0.00000104. The first-order valence-corrected chi connectivity index (χ1v) is 11.0. The zero-order valence-electron chi connectivity index (χ0n) is 19.9. The van der Waals surface area contributed by atoms with Crippen molar-refractivity contribution in [3.05, 3.63) is 35.1 Å². The van der Waals surface area contributed by atoms with E-state index in [0.717, 1.165) is 43.8 Å². The maximum absolute atomic E-state index is 10.0. The van der Waals surface area contributed by atoms with Crippen LogP contribution in [0.1, 0.15) is 58.1 Å². The zero-order valence-corrected chi connectivity index (χ0v) is 23.1. The van der Waals surface area contributed by atoms with Crippen LogP contribution in [0.25, 0.3) is 0 Å². The molecule has 0 unspecified atom stereocenters. The molecule has 1 aromatic rings. The van der Waals surface area contributed by atoms with Crippen LogP contribution in [0.3, 0.4) is 0 Å². The third kappa shape index (κ3) is 13.9. The minimum Gasteiger partial charge on any atom is -0.512 e. The molecule has 1 aliphatic rings. The molecule has 0 bridgehead atoms. The molecule has 0 aliphatic carbocycles. The van der Waals surface area contributed by atoms with Crippen molar-refractivity contribution in [3.8, 4) is 11.5 Å². The average Bonchev–Trinajstić information content (AvgIpc) is 3.16. The molecule has 1 aliphatic heterocycles. The summed E-state index contributed by atoms with van der Waals surface area (Å²) in [7, 11) is 0. The van der Waals surface area contributed by atoms with Gasteiger partial charge in [0.05, 0.1) is 38.8 Å². The summed E-state index contributed by atoms with van der Waals surface area (Å²) in [5, 5.41) is 8.36. The molecule has 181 valence electrons. The van der Waals surface area contributed by atoms with Crippen molar-refractivity contribution in [1.82, 2.24) is 0 Å². The maximum atomic E-state index is 10.0. The molecule has 1 radical (unpaired) electrons. The van der Waals surface area contributed by atoms with Gasteiger partial charge in [-0.1, -0.05) is 26.7 Å². The van der Waals surface area contributed by atoms with Gasteiger partial charge in [0.1, 0.15) is 0 Å². The molecule has 0 saturated carbocycles. The van der Waals surface area contributed by atoms with Gasteiger partial charge in [-0.25, -0.2) is 0 Å². The molecule has 0 aromatic heterocycles. The molecule has 0 atom stereocenters. The summed E-state index contributed by atoms with van der Waals surface area (Å²) in [6.45, 7) is 11.3. The molecule has 32 heavy (non-hydrogen) atoms. The summed E-state index contributed by atoms with van der Waals surface area (Å²) in [4.78, 5) is 10.0. The van der Waals surface area contributed by atoms with Gasteiger partial charge in [-0.15, -0.1) is 0 Å². The zero-order chi connectivity index (χ0) is 22.9. The largest absolute Gasteiger partial charge is 0.512 e.